The van der Waals surface area contributed by atoms with Crippen LogP contribution in [0.5, 0.6) is 0 Å². The van der Waals surface area contributed by atoms with Crippen molar-refractivity contribution in [1.29, 1.82) is 0 Å². The number of sulfonamides is 1. The summed E-state index contributed by atoms with van der Waals surface area (Å²) >= 11 is 0. The van der Waals surface area contributed by atoms with Crippen LogP contribution in [0.1, 0.15) is 25.7 Å². The van der Waals surface area contributed by atoms with Gasteiger partial charge in [-0.2, -0.15) is 4.31 Å². The number of amides is 1. The Balaban J connectivity index is 1.96. The van der Waals surface area contributed by atoms with Crippen molar-refractivity contribution >= 4 is 15.9 Å². The summed E-state index contributed by atoms with van der Waals surface area (Å²) in [6.07, 6.45) is 4.23. The predicted molar refractivity (Wildman–Crippen MR) is 76.7 cm³/mol. The molecule has 0 heterocycles. The molecule has 0 radical (unpaired) electrons. The number of rotatable bonds is 5. The Kier molecular flexibility index (Phi) is 4.77. The first kappa shape index (κ1) is 15.0. The maximum atomic E-state index is 12.3. The number of nitrogens with zero attached hydrogens (tertiary/aromatic N) is 1. The zero-order valence-electron chi connectivity index (χ0n) is 11.6. The summed E-state index contributed by atoms with van der Waals surface area (Å²) in [7, 11) is -2.17. The zero-order valence-corrected chi connectivity index (χ0v) is 12.4. The maximum Gasteiger partial charge on any atom is 0.243 e. The average Bonchev–Trinajstić information content (AvgIpc) is 2.92. The summed E-state index contributed by atoms with van der Waals surface area (Å²) < 4.78 is 25.6. The van der Waals surface area contributed by atoms with Crippen LogP contribution in [0.4, 0.5) is 0 Å². The molecule has 1 aliphatic rings. The summed E-state index contributed by atoms with van der Waals surface area (Å²) in [6, 6.07) is 8.35. The Labute approximate surface area is 120 Å². The summed E-state index contributed by atoms with van der Waals surface area (Å²) in [5, 5.41) is 2.89. The Hall–Kier alpha value is -1.40. The summed E-state index contributed by atoms with van der Waals surface area (Å²) in [5.74, 6) is -0.237. The monoisotopic (exact) mass is 296 g/mol. The van der Waals surface area contributed by atoms with Gasteiger partial charge >= 0.3 is 0 Å². The first-order valence-corrected chi connectivity index (χ1v) is 8.25. The minimum Gasteiger partial charge on any atom is -0.352 e. The highest BCUT2D eigenvalue weighted by Crippen LogP contribution is 2.18. The van der Waals surface area contributed by atoms with E-state index >= 15 is 0 Å². The van der Waals surface area contributed by atoms with Gasteiger partial charge in [0.1, 0.15) is 0 Å². The molecule has 20 heavy (non-hydrogen) atoms. The summed E-state index contributed by atoms with van der Waals surface area (Å²) in [4.78, 5) is 12.1. The molecule has 0 spiro atoms. The SMILES string of the molecule is CN(CC(=O)NC1CCCC1)S(=O)(=O)c1ccccc1. The van der Waals surface area contributed by atoms with E-state index in [1.165, 1.54) is 19.2 Å². The molecule has 1 aliphatic carbocycles. The molecule has 0 saturated heterocycles. The first-order valence-electron chi connectivity index (χ1n) is 6.81. The van der Waals surface area contributed by atoms with Crippen molar-refractivity contribution in [3.8, 4) is 0 Å². The number of nitrogens with one attached hydrogen (secondary N) is 1. The van der Waals surface area contributed by atoms with Gasteiger partial charge in [0.05, 0.1) is 11.4 Å². The van der Waals surface area contributed by atoms with Crippen LogP contribution in [0.25, 0.3) is 0 Å². The highest BCUT2D eigenvalue weighted by molar-refractivity contribution is 7.89. The van der Waals surface area contributed by atoms with Crippen LogP contribution in [-0.4, -0.2) is 38.3 Å². The average molecular weight is 296 g/mol. The molecule has 0 bridgehead atoms. The van der Waals surface area contributed by atoms with Gasteiger partial charge in [0.25, 0.3) is 0 Å². The van der Waals surface area contributed by atoms with E-state index in [1.54, 1.807) is 18.2 Å². The van der Waals surface area contributed by atoms with Crippen LogP contribution in [0, 0.1) is 0 Å². The number of hydrogen-bond donors (Lipinski definition) is 1. The fraction of sp³-hybridized carbons (Fsp3) is 0.500. The van der Waals surface area contributed by atoms with E-state index in [0.717, 1.165) is 30.0 Å². The molecule has 0 aliphatic heterocycles. The van der Waals surface area contributed by atoms with Gasteiger partial charge in [-0.1, -0.05) is 31.0 Å². The quantitative estimate of drug-likeness (QED) is 0.892. The van der Waals surface area contributed by atoms with Gasteiger partial charge in [-0.15, -0.1) is 0 Å². The molecule has 1 saturated carbocycles. The second-order valence-electron chi connectivity index (χ2n) is 5.12. The Morgan fingerprint density at radius 1 is 1.25 bits per heavy atom. The van der Waals surface area contributed by atoms with Crippen LogP contribution in [-0.2, 0) is 14.8 Å². The third-order valence-electron chi connectivity index (χ3n) is 3.54. The van der Waals surface area contributed by atoms with Crippen molar-refractivity contribution in [1.82, 2.24) is 9.62 Å². The number of hydrogen-bond acceptors (Lipinski definition) is 3. The predicted octanol–water partition coefficient (Wildman–Crippen LogP) is 1.37. The lowest BCUT2D eigenvalue weighted by molar-refractivity contribution is -0.121. The number of likely N-dealkylation sites (N-methyl/N-ethyl adjacent to an activating group) is 1. The maximum absolute atomic E-state index is 12.3. The molecular formula is C14H20N2O3S. The van der Waals surface area contributed by atoms with Crippen molar-refractivity contribution in [2.75, 3.05) is 13.6 Å². The van der Waals surface area contributed by atoms with Crippen LogP contribution in [0.3, 0.4) is 0 Å². The van der Waals surface area contributed by atoms with E-state index in [1.807, 2.05) is 0 Å². The first-order chi connectivity index (χ1) is 9.50. The Morgan fingerprint density at radius 2 is 1.85 bits per heavy atom. The van der Waals surface area contributed by atoms with Crippen molar-refractivity contribution in [2.45, 2.75) is 36.6 Å². The van der Waals surface area contributed by atoms with E-state index in [-0.39, 0.29) is 23.4 Å². The molecule has 2 rings (SSSR count). The molecule has 5 nitrogen and oxygen atoms in total. The van der Waals surface area contributed by atoms with Crippen LogP contribution in [0.2, 0.25) is 0 Å². The topological polar surface area (TPSA) is 66.5 Å². The highest BCUT2D eigenvalue weighted by atomic mass is 32.2. The minimum atomic E-state index is -3.60. The van der Waals surface area contributed by atoms with E-state index in [4.69, 9.17) is 0 Å². The van der Waals surface area contributed by atoms with E-state index in [0.29, 0.717) is 0 Å². The Morgan fingerprint density at radius 3 is 2.45 bits per heavy atom. The fourth-order valence-electron chi connectivity index (χ4n) is 2.40. The van der Waals surface area contributed by atoms with Crippen LogP contribution >= 0.6 is 0 Å². The van der Waals surface area contributed by atoms with E-state index < -0.39 is 10.0 Å². The normalized spacial score (nSPS) is 16.5. The summed E-state index contributed by atoms with van der Waals surface area (Å²) in [5.41, 5.74) is 0. The minimum absolute atomic E-state index is 0.145. The molecule has 1 fully saturated rings. The van der Waals surface area contributed by atoms with Crippen LogP contribution in [0.15, 0.2) is 35.2 Å². The van der Waals surface area contributed by atoms with Crippen molar-refractivity contribution in [2.24, 2.45) is 0 Å². The molecule has 0 atom stereocenters. The standard InChI is InChI=1S/C14H20N2O3S/c1-16(11-14(17)15-12-7-5-6-8-12)20(18,19)13-9-3-2-4-10-13/h2-4,9-10,12H,5-8,11H2,1H3,(H,15,17). The van der Waals surface area contributed by atoms with Crippen molar-refractivity contribution < 1.29 is 13.2 Å². The molecule has 1 aromatic rings. The van der Waals surface area contributed by atoms with Gasteiger partial charge in [0, 0.05) is 13.1 Å². The number of carbonyl (C=O) groups excluding carboxylic acids is 1. The van der Waals surface area contributed by atoms with Gasteiger partial charge in [0.2, 0.25) is 15.9 Å². The lowest BCUT2D eigenvalue weighted by Crippen LogP contribution is -2.41. The second kappa shape index (κ2) is 6.37. The zero-order chi connectivity index (χ0) is 14.6. The molecule has 0 unspecified atom stereocenters. The lowest BCUT2D eigenvalue weighted by atomic mass is 10.2. The number of benzene rings is 1. The molecule has 1 N–H and O–H groups in total. The fourth-order valence-corrected chi connectivity index (χ4v) is 3.55. The molecule has 1 amide bonds. The van der Waals surface area contributed by atoms with Gasteiger partial charge < -0.3 is 5.32 Å². The largest absolute Gasteiger partial charge is 0.352 e. The molecule has 6 heteroatoms. The molecular weight excluding hydrogens is 276 g/mol. The molecule has 1 aromatic carbocycles. The Bertz CT molecular complexity index is 551. The van der Waals surface area contributed by atoms with Gasteiger partial charge in [-0.05, 0) is 25.0 Å². The molecule has 110 valence electrons. The van der Waals surface area contributed by atoms with E-state index in [2.05, 4.69) is 5.32 Å². The van der Waals surface area contributed by atoms with Gasteiger partial charge in [0.15, 0.2) is 0 Å². The van der Waals surface area contributed by atoms with Crippen LogP contribution < -0.4 is 5.32 Å². The second-order valence-corrected chi connectivity index (χ2v) is 7.17. The number of carbonyl (C=O) groups is 1. The van der Waals surface area contributed by atoms with Gasteiger partial charge in [-0.3, -0.25) is 4.79 Å². The van der Waals surface area contributed by atoms with Crippen molar-refractivity contribution in [3.63, 3.8) is 0 Å². The summed E-state index contributed by atoms with van der Waals surface area (Å²) in [6.45, 7) is -0.145. The van der Waals surface area contributed by atoms with E-state index in [9.17, 15) is 13.2 Å². The molecule has 0 aromatic heterocycles. The highest BCUT2D eigenvalue weighted by Gasteiger charge is 2.24. The third-order valence-corrected chi connectivity index (χ3v) is 5.36. The third kappa shape index (κ3) is 3.58. The smallest absolute Gasteiger partial charge is 0.243 e. The van der Waals surface area contributed by atoms with Crippen molar-refractivity contribution in [3.05, 3.63) is 30.3 Å². The van der Waals surface area contributed by atoms with Gasteiger partial charge in [-0.25, -0.2) is 8.42 Å². The lowest BCUT2D eigenvalue weighted by Gasteiger charge is -2.18.